The van der Waals surface area contributed by atoms with Crippen molar-refractivity contribution in [1.82, 2.24) is 18.7 Å². The van der Waals surface area contributed by atoms with Crippen molar-refractivity contribution in [3.63, 3.8) is 0 Å². The molecule has 1 unspecified atom stereocenters. The van der Waals surface area contributed by atoms with Gasteiger partial charge in [-0.05, 0) is 93.7 Å². The van der Waals surface area contributed by atoms with Crippen molar-refractivity contribution in [2.75, 3.05) is 47.5 Å². The van der Waals surface area contributed by atoms with Crippen LogP contribution in [0.25, 0.3) is 0 Å². The molecule has 9 nitrogen and oxygen atoms in total. The van der Waals surface area contributed by atoms with Gasteiger partial charge in [0.05, 0.1) is 24.7 Å². The van der Waals surface area contributed by atoms with Crippen LogP contribution in [0, 0.1) is 20.8 Å². The van der Waals surface area contributed by atoms with Crippen LogP contribution in [0.1, 0.15) is 51.7 Å². The van der Waals surface area contributed by atoms with E-state index >= 15 is 0 Å². The number of carbonyl (C=O) groups excluding carboxylic acids is 1. The summed E-state index contributed by atoms with van der Waals surface area (Å²) in [6.07, 6.45) is 1.64. The Balaban J connectivity index is 1.31. The topological polar surface area (TPSA) is 84.3 Å². The summed E-state index contributed by atoms with van der Waals surface area (Å²) in [5.41, 5.74) is 6.57. The largest absolute Gasteiger partial charge is 0.496 e. The number of fused-ring (bicyclic) bond motifs is 1. The molecule has 0 spiro atoms. The van der Waals surface area contributed by atoms with E-state index in [0.29, 0.717) is 23.4 Å². The number of aryl methyl sites for hydroxylation is 2. The molecule has 1 aromatic heterocycles. The van der Waals surface area contributed by atoms with Gasteiger partial charge >= 0.3 is 0 Å². The zero-order valence-corrected chi connectivity index (χ0v) is 30.5. The number of benzene rings is 3. The molecule has 3 aromatic carbocycles. The molecular formula is C39H50N4O5S. The van der Waals surface area contributed by atoms with Crippen LogP contribution >= 0.6 is 0 Å². The molecule has 0 saturated carbocycles. The molecule has 5 rings (SSSR count). The minimum atomic E-state index is -3.92. The first-order valence-electron chi connectivity index (χ1n) is 16.9. The van der Waals surface area contributed by atoms with Gasteiger partial charge in [-0.15, -0.1) is 0 Å². The minimum Gasteiger partial charge on any atom is -0.496 e. The van der Waals surface area contributed by atoms with Crippen LogP contribution in [0.5, 0.6) is 5.75 Å². The quantitative estimate of drug-likeness (QED) is 0.145. The number of hydrogen-bond acceptors (Lipinski definition) is 6. The monoisotopic (exact) mass is 686 g/mol. The molecule has 2 heterocycles. The lowest BCUT2D eigenvalue weighted by Gasteiger charge is -2.38. The van der Waals surface area contributed by atoms with E-state index in [0.717, 1.165) is 42.8 Å². The molecule has 0 aliphatic carbocycles. The predicted octanol–water partition coefficient (Wildman–Crippen LogP) is 5.91. The van der Waals surface area contributed by atoms with Crippen LogP contribution < -0.4 is 4.74 Å². The molecule has 0 fully saturated rings. The van der Waals surface area contributed by atoms with Crippen molar-refractivity contribution in [1.29, 1.82) is 0 Å². The minimum absolute atomic E-state index is 0.0803. The molecule has 262 valence electrons. The van der Waals surface area contributed by atoms with Gasteiger partial charge in [0.2, 0.25) is 15.9 Å². The van der Waals surface area contributed by atoms with Gasteiger partial charge in [0.1, 0.15) is 12.4 Å². The van der Waals surface area contributed by atoms with Crippen LogP contribution in [0.4, 0.5) is 0 Å². The van der Waals surface area contributed by atoms with E-state index in [4.69, 9.17) is 9.47 Å². The zero-order chi connectivity index (χ0) is 35.1. The van der Waals surface area contributed by atoms with Gasteiger partial charge < -0.3 is 23.8 Å². The molecule has 0 N–H and O–H groups in total. The summed E-state index contributed by atoms with van der Waals surface area (Å²) in [5, 5.41) is 0. The standard InChI is InChI=1S/C39H50N4O5S/c1-29-25-37(47-6)30(2)31(3)39(29)49(45,46)41(26-33-15-11-8-12-16-33)23-24-48-28-38(44)43-22-21-42-34(27-40(4)5)18-20-35(42)36(43)19-17-32-13-9-7-10-14-32/h7-16,18,20,25,36H,17,19,21-24,26-28H2,1-6H3. The van der Waals surface area contributed by atoms with Gasteiger partial charge in [-0.3, -0.25) is 4.79 Å². The number of rotatable bonds is 15. The Hall–Kier alpha value is -3.96. The Morgan fingerprint density at radius 3 is 2.20 bits per heavy atom. The van der Waals surface area contributed by atoms with Gasteiger partial charge in [0, 0.05) is 44.1 Å². The lowest BCUT2D eigenvalue weighted by Crippen LogP contribution is -2.44. The maximum Gasteiger partial charge on any atom is 0.249 e. The van der Waals surface area contributed by atoms with E-state index in [9.17, 15) is 13.2 Å². The SMILES string of the molecule is COc1cc(C)c(S(=O)(=O)N(CCOCC(=O)N2CCn3c(CN(C)C)ccc3C2CCc2ccccc2)Cc2ccccc2)c(C)c1C. The first kappa shape index (κ1) is 36.3. The lowest BCUT2D eigenvalue weighted by atomic mass is 10.00. The summed E-state index contributed by atoms with van der Waals surface area (Å²) in [6.45, 7) is 7.88. The Morgan fingerprint density at radius 1 is 0.878 bits per heavy atom. The van der Waals surface area contributed by atoms with E-state index in [1.54, 1.807) is 20.1 Å². The van der Waals surface area contributed by atoms with E-state index in [-0.39, 0.29) is 43.1 Å². The highest BCUT2D eigenvalue weighted by Crippen LogP contribution is 2.34. The lowest BCUT2D eigenvalue weighted by molar-refractivity contribution is -0.140. The number of methoxy groups -OCH3 is 1. The number of sulfonamides is 1. The Bertz CT molecular complexity index is 1820. The molecule has 1 amide bonds. The molecule has 1 aliphatic heterocycles. The van der Waals surface area contributed by atoms with E-state index in [2.05, 4.69) is 47.8 Å². The summed E-state index contributed by atoms with van der Waals surface area (Å²) in [6, 6.07) is 25.9. The van der Waals surface area contributed by atoms with Crippen LogP contribution in [0.3, 0.4) is 0 Å². The normalized spacial score (nSPS) is 14.8. The van der Waals surface area contributed by atoms with Crippen LogP contribution in [0.15, 0.2) is 83.8 Å². The molecule has 0 radical (unpaired) electrons. The maximum absolute atomic E-state index is 14.3. The average molecular weight is 687 g/mol. The summed E-state index contributed by atoms with van der Waals surface area (Å²) in [4.78, 5) is 18.2. The van der Waals surface area contributed by atoms with Gasteiger partial charge in [0.25, 0.3) is 0 Å². The molecular weight excluding hydrogens is 637 g/mol. The summed E-state index contributed by atoms with van der Waals surface area (Å²) in [7, 11) is 1.80. The fourth-order valence-corrected chi connectivity index (χ4v) is 8.76. The van der Waals surface area contributed by atoms with Crippen LogP contribution in [-0.4, -0.2) is 80.5 Å². The Morgan fingerprint density at radius 2 is 1.55 bits per heavy atom. The number of carbonyl (C=O) groups is 1. The molecule has 1 aliphatic rings. The molecule has 4 aromatic rings. The Labute approximate surface area is 292 Å². The number of amides is 1. The van der Waals surface area contributed by atoms with Crippen molar-refractivity contribution in [2.45, 2.75) is 64.2 Å². The summed E-state index contributed by atoms with van der Waals surface area (Å²) < 4.78 is 43.8. The first-order valence-corrected chi connectivity index (χ1v) is 18.4. The van der Waals surface area contributed by atoms with Gasteiger partial charge in [-0.1, -0.05) is 60.7 Å². The van der Waals surface area contributed by atoms with Gasteiger partial charge in [0.15, 0.2) is 0 Å². The Kier molecular flexibility index (Phi) is 12.0. The van der Waals surface area contributed by atoms with E-state index in [1.165, 1.54) is 15.6 Å². The molecule has 10 heteroatoms. The highest BCUT2D eigenvalue weighted by molar-refractivity contribution is 7.89. The number of hydrogen-bond donors (Lipinski definition) is 0. The average Bonchev–Trinajstić information content (AvgIpc) is 3.49. The van der Waals surface area contributed by atoms with E-state index < -0.39 is 10.0 Å². The van der Waals surface area contributed by atoms with Gasteiger partial charge in [-0.25, -0.2) is 8.42 Å². The highest BCUT2D eigenvalue weighted by Gasteiger charge is 2.33. The van der Waals surface area contributed by atoms with Crippen molar-refractivity contribution in [2.24, 2.45) is 0 Å². The van der Waals surface area contributed by atoms with Crippen LogP contribution in [0.2, 0.25) is 0 Å². The zero-order valence-electron chi connectivity index (χ0n) is 29.7. The molecule has 49 heavy (non-hydrogen) atoms. The molecule has 1 atom stereocenters. The summed E-state index contributed by atoms with van der Waals surface area (Å²) >= 11 is 0. The second-order valence-electron chi connectivity index (χ2n) is 13.1. The van der Waals surface area contributed by atoms with Gasteiger partial charge in [-0.2, -0.15) is 4.31 Å². The van der Waals surface area contributed by atoms with E-state index in [1.807, 2.05) is 67.3 Å². The molecule has 0 bridgehead atoms. The number of ether oxygens (including phenoxy) is 2. The number of nitrogens with zero attached hydrogens (tertiary/aromatic N) is 4. The number of aromatic nitrogens is 1. The van der Waals surface area contributed by atoms with Crippen molar-refractivity contribution in [3.05, 3.63) is 118 Å². The maximum atomic E-state index is 14.3. The van der Waals surface area contributed by atoms with Crippen molar-refractivity contribution in [3.8, 4) is 5.75 Å². The second-order valence-corrected chi connectivity index (χ2v) is 15.0. The third kappa shape index (κ3) is 8.44. The first-order chi connectivity index (χ1) is 23.5. The van der Waals surface area contributed by atoms with Crippen LogP contribution in [-0.2, 0) is 45.6 Å². The third-order valence-electron chi connectivity index (χ3n) is 9.44. The summed E-state index contributed by atoms with van der Waals surface area (Å²) in [5.74, 6) is 0.570. The second kappa shape index (κ2) is 16.2. The molecule has 0 saturated heterocycles. The highest BCUT2D eigenvalue weighted by atomic mass is 32.2. The predicted molar refractivity (Wildman–Crippen MR) is 193 cm³/mol. The third-order valence-corrected chi connectivity index (χ3v) is 11.6. The van der Waals surface area contributed by atoms with Crippen molar-refractivity contribution >= 4 is 15.9 Å². The fraction of sp³-hybridized carbons (Fsp3) is 0.410. The smallest absolute Gasteiger partial charge is 0.249 e. The fourth-order valence-electron chi connectivity index (χ4n) is 6.87. The van der Waals surface area contributed by atoms with Crippen molar-refractivity contribution < 1.29 is 22.7 Å².